The third-order valence-electron chi connectivity index (χ3n) is 7.66. The summed E-state index contributed by atoms with van der Waals surface area (Å²) in [5.41, 5.74) is 1.35. The zero-order valence-electron chi connectivity index (χ0n) is 21.5. The van der Waals surface area contributed by atoms with E-state index >= 15 is 0 Å². The van der Waals surface area contributed by atoms with Gasteiger partial charge in [0.1, 0.15) is 6.04 Å². The lowest BCUT2D eigenvalue weighted by atomic mass is 9.80. The van der Waals surface area contributed by atoms with E-state index in [-0.39, 0.29) is 21.3 Å². The van der Waals surface area contributed by atoms with Crippen molar-refractivity contribution in [3.63, 3.8) is 0 Å². The van der Waals surface area contributed by atoms with Crippen molar-refractivity contribution in [2.24, 2.45) is 11.8 Å². The van der Waals surface area contributed by atoms with Crippen molar-refractivity contribution < 1.29 is 36.3 Å². The van der Waals surface area contributed by atoms with Gasteiger partial charge in [-0.2, -0.15) is 17.9 Å². The fourth-order valence-corrected chi connectivity index (χ4v) is 7.50. The second kappa shape index (κ2) is 10.7. The first kappa shape index (κ1) is 28.5. The van der Waals surface area contributed by atoms with Crippen LogP contribution in [0.2, 0.25) is 0 Å². The van der Waals surface area contributed by atoms with Crippen molar-refractivity contribution in [3.05, 3.63) is 47.1 Å². The van der Waals surface area contributed by atoms with Crippen molar-refractivity contribution in [2.45, 2.75) is 68.6 Å². The van der Waals surface area contributed by atoms with Crippen molar-refractivity contribution in [3.8, 4) is 10.4 Å². The number of rotatable bonds is 9. The van der Waals surface area contributed by atoms with E-state index < -0.39 is 40.0 Å². The number of hydrogen-bond donors (Lipinski definition) is 3. The molecule has 13 heteroatoms. The van der Waals surface area contributed by atoms with Crippen LogP contribution in [0.4, 0.5) is 13.2 Å². The van der Waals surface area contributed by atoms with Crippen LogP contribution in [0.1, 0.15) is 54.5 Å². The molecule has 0 radical (unpaired) electrons. The number of nitrogens with one attached hydrogen (secondary N) is 2. The van der Waals surface area contributed by atoms with Crippen LogP contribution in [-0.4, -0.2) is 48.6 Å². The number of fused-ring (bicyclic) bond motifs is 1. The number of thiazole rings is 1. The molecule has 1 heterocycles. The van der Waals surface area contributed by atoms with Gasteiger partial charge in [-0.25, -0.2) is 13.4 Å². The van der Waals surface area contributed by atoms with Gasteiger partial charge in [0.05, 0.1) is 21.4 Å². The van der Waals surface area contributed by atoms with Crippen molar-refractivity contribution in [2.75, 3.05) is 0 Å². The van der Waals surface area contributed by atoms with E-state index in [4.69, 9.17) is 5.11 Å². The maximum Gasteiger partial charge on any atom is 0.404 e. The maximum atomic E-state index is 13.1. The molecule has 2 aliphatic rings. The summed E-state index contributed by atoms with van der Waals surface area (Å²) >= 11 is 1.17. The molecule has 0 unspecified atom stereocenters. The number of alkyl halides is 3. The van der Waals surface area contributed by atoms with Crippen LogP contribution in [0.25, 0.3) is 21.2 Å². The van der Waals surface area contributed by atoms with E-state index in [1.165, 1.54) is 17.4 Å². The number of aliphatic carboxylic acids is 1. The second-order valence-corrected chi connectivity index (χ2v) is 13.2. The average molecular weight is 596 g/mol. The van der Waals surface area contributed by atoms with Crippen LogP contribution in [0.3, 0.4) is 0 Å². The fraction of sp³-hybridized carbons (Fsp3) is 0.444. The first-order chi connectivity index (χ1) is 18.8. The molecular weight excluding hydrogens is 567 g/mol. The number of carboxylic acid groups (broad SMARTS) is 1. The summed E-state index contributed by atoms with van der Waals surface area (Å²) in [6.45, 7) is 0.746. The van der Waals surface area contributed by atoms with E-state index in [9.17, 15) is 31.2 Å². The van der Waals surface area contributed by atoms with Gasteiger partial charge in [0.2, 0.25) is 10.0 Å². The molecule has 2 fully saturated rings. The molecule has 214 valence electrons. The van der Waals surface area contributed by atoms with Crippen LogP contribution in [0.5, 0.6) is 0 Å². The molecular formula is C27H28F3N3O5S2. The molecule has 2 aliphatic carbocycles. The molecule has 0 aliphatic heterocycles. The Morgan fingerprint density at radius 3 is 2.40 bits per heavy atom. The third-order valence-corrected chi connectivity index (χ3v) is 10.4. The summed E-state index contributed by atoms with van der Waals surface area (Å²) in [4.78, 5) is 29.2. The smallest absolute Gasteiger partial charge is 0.404 e. The highest BCUT2D eigenvalue weighted by Gasteiger charge is 2.39. The maximum absolute atomic E-state index is 13.1. The largest absolute Gasteiger partial charge is 0.481 e. The van der Waals surface area contributed by atoms with Crippen LogP contribution in [0.15, 0.2) is 41.3 Å². The summed E-state index contributed by atoms with van der Waals surface area (Å²) in [6.07, 6.45) is -0.194. The molecule has 0 bridgehead atoms. The van der Waals surface area contributed by atoms with Crippen LogP contribution in [0, 0.1) is 11.8 Å². The number of carboxylic acids is 1. The molecule has 1 aromatic heterocycles. The number of carbonyl (C=O) groups is 2. The number of aromatic nitrogens is 1. The topological polar surface area (TPSA) is 125 Å². The quantitative estimate of drug-likeness (QED) is 0.315. The summed E-state index contributed by atoms with van der Waals surface area (Å²) in [6, 6.07) is 6.90. The van der Waals surface area contributed by atoms with Gasteiger partial charge >= 0.3 is 12.1 Å². The van der Waals surface area contributed by atoms with Crippen molar-refractivity contribution in [1.29, 1.82) is 0 Å². The van der Waals surface area contributed by atoms with Crippen LogP contribution in [-0.2, 0) is 21.2 Å². The average Bonchev–Trinajstić information content (AvgIpc) is 3.25. The number of hydrogen-bond acceptors (Lipinski definition) is 6. The highest BCUT2D eigenvalue weighted by atomic mass is 32.2. The molecule has 2 saturated carbocycles. The number of nitrogens with zero attached hydrogens (tertiary/aromatic N) is 1. The number of benzene rings is 2. The first-order valence-corrected chi connectivity index (χ1v) is 15.3. The Morgan fingerprint density at radius 1 is 1.12 bits per heavy atom. The number of carbonyl (C=O) groups excluding carboxylic acids is 1. The molecule has 1 atom stereocenters. The van der Waals surface area contributed by atoms with E-state index in [1.54, 1.807) is 35.1 Å². The predicted molar refractivity (Wildman–Crippen MR) is 144 cm³/mol. The predicted octanol–water partition coefficient (Wildman–Crippen LogP) is 5.13. The molecule has 3 aromatic rings. The lowest BCUT2D eigenvalue weighted by Gasteiger charge is -2.32. The van der Waals surface area contributed by atoms with E-state index in [1.807, 2.05) is 0 Å². The Balaban J connectivity index is 1.51. The number of sulfonamides is 1. The fourth-order valence-electron chi connectivity index (χ4n) is 5.02. The van der Waals surface area contributed by atoms with Gasteiger partial charge in [-0.1, -0.05) is 49.6 Å². The molecule has 1 amide bonds. The summed E-state index contributed by atoms with van der Waals surface area (Å²) in [7, 11) is -4.51. The minimum absolute atomic E-state index is 0.226. The highest BCUT2D eigenvalue weighted by molar-refractivity contribution is 7.89. The van der Waals surface area contributed by atoms with Gasteiger partial charge in [0, 0.05) is 17.0 Å². The molecule has 3 N–H and O–H groups in total. The van der Waals surface area contributed by atoms with Gasteiger partial charge in [0.25, 0.3) is 5.91 Å². The minimum Gasteiger partial charge on any atom is -0.481 e. The van der Waals surface area contributed by atoms with Gasteiger partial charge < -0.3 is 10.4 Å². The molecule has 0 spiro atoms. The number of halogens is 3. The normalized spacial score (nSPS) is 20.5. The van der Waals surface area contributed by atoms with Crippen LogP contribution < -0.4 is 10.0 Å². The van der Waals surface area contributed by atoms with Crippen LogP contribution >= 0.6 is 11.3 Å². The van der Waals surface area contributed by atoms with Gasteiger partial charge in [0.15, 0.2) is 5.01 Å². The number of amides is 1. The molecule has 8 nitrogen and oxygen atoms in total. The van der Waals surface area contributed by atoms with Crippen molar-refractivity contribution in [1.82, 2.24) is 15.0 Å². The first-order valence-electron chi connectivity index (χ1n) is 13.0. The Bertz CT molecular complexity index is 1560. The summed E-state index contributed by atoms with van der Waals surface area (Å²) in [5, 5.41) is 12.9. The van der Waals surface area contributed by atoms with E-state index in [0.717, 1.165) is 26.2 Å². The second-order valence-electron chi connectivity index (χ2n) is 10.5. The Hall–Kier alpha value is -3.03. The standard InChI is InChI=1S/C27H28F3N3O5S2/c1-14(27(28,29)30)33-40(37,38)22-10-9-20(18-7-2-3-8-19(18)22)23-21(11-15-5-4-6-15)32-25(39-23)24(34)31-17-12-16(13-17)26(35)36/h2-3,7-10,14-17,33H,4-6,11-13H2,1H3,(H,31,34)(H,35,36)/t14-,16?,17?/m0/s1. The lowest BCUT2D eigenvalue weighted by molar-refractivity contribution is -0.147. The molecule has 40 heavy (non-hydrogen) atoms. The Kier molecular flexibility index (Phi) is 7.66. The zero-order chi connectivity index (χ0) is 28.8. The van der Waals surface area contributed by atoms with E-state index in [0.29, 0.717) is 46.7 Å². The SMILES string of the molecule is C[C@H](NS(=O)(=O)c1ccc(-c2sc(C(=O)NC3CC(C(=O)O)C3)nc2CC2CCC2)c2ccccc12)C(F)(F)F. The monoisotopic (exact) mass is 595 g/mol. The highest BCUT2D eigenvalue weighted by Crippen LogP contribution is 2.41. The summed E-state index contributed by atoms with van der Waals surface area (Å²) < 4.78 is 67.1. The molecule has 2 aromatic carbocycles. The van der Waals surface area contributed by atoms with Crippen molar-refractivity contribution >= 4 is 44.0 Å². The molecule has 0 saturated heterocycles. The Morgan fingerprint density at radius 2 is 1.80 bits per heavy atom. The van der Waals surface area contributed by atoms with Gasteiger partial charge in [-0.3, -0.25) is 9.59 Å². The lowest BCUT2D eigenvalue weighted by Crippen LogP contribution is -2.46. The zero-order valence-corrected chi connectivity index (χ0v) is 23.1. The van der Waals surface area contributed by atoms with Gasteiger partial charge in [-0.15, -0.1) is 11.3 Å². The third kappa shape index (κ3) is 5.72. The van der Waals surface area contributed by atoms with E-state index in [2.05, 4.69) is 10.3 Å². The minimum atomic E-state index is -4.74. The van der Waals surface area contributed by atoms with Gasteiger partial charge in [-0.05, 0) is 43.6 Å². The Labute approximate surface area is 233 Å². The summed E-state index contributed by atoms with van der Waals surface area (Å²) in [5.74, 6) is -1.33. The molecule has 5 rings (SSSR count).